The molecule has 0 spiro atoms. The Bertz CT molecular complexity index is 3340. The van der Waals surface area contributed by atoms with Gasteiger partial charge in [0.25, 0.3) is 0 Å². The fourth-order valence-corrected chi connectivity index (χ4v) is 9.36. The van der Waals surface area contributed by atoms with Gasteiger partial charge in [0.15, 0.2) is 5.82 Å². The van der Waals surface area contributed by atoms with Crippen molar-refractivity contribution in [2.75, 3.05) is 0 Å². The Labute approximate surface area is 324 Å². The van der Waals surface area contributed by atoms with Crippen molar-refractivity contribution in [3.63, 3.8) is 0 Å². The minimum Gasteiger partial charge on any atom is -0.227 e. The van der Waals surface area contributed by atoms with Gasteiger partial charge in [-0.05, 0) is 93.8 Å². The molecule has 0 amide bonds. The lowest BCUT2D eigenvalue weighted by Crippen LogP contribution is -1.97. The summed E-state index contributed by atoms with van der Waals surface area (Å²) in [5.74, 6) is 0.738. The van der Waals surface area contributed by atoms with Gasteiger partial charge in [0.1, 0.15) is 0 Å². The molecule has 0 bridgehead atoms. The minimum atomic E-state index is 0.738. The SMILES string of the molecule is c1ccc(-c2nc(-c3ccccc3)c3c(n2)-c2cccc4c(-c5c6ccccc6c(-c6cccc7cc8ccccc8cc67)c6ccccc56)ccc-3c24)cc1. The van der Waals surface area contributed by atoms with Crippen molar-refractivity contribution in [3.05, 3.63) is 194 Å². The van der Waals surface area contributed by atoms with Gasteiger partial charge in [-0.25, -0.2) is 9.97 Å². The Kier molecular flexibility index (Phi) is 6.66. The van der Waals surface area contributed by atoms with Crippen LogP contribution in [-0.4, -0.2) is 9.97 Å². The fraction of sp³-hybridized carbons (Fsp3) is 0. The van der Waals surface area contributed by atoms with E-state index in [0.29, 0.717) is 0 Å². The molecule has 2 heteroatoms. The van der Waals surface area contributed by atoms with Crippen molar-refractivity contribution in [2.45, 2.75) is 0 Å². The number of benzene rings is 10. The van der Waals surface area contributed by atoms with Crippen molar-refractivity contribution >= 4 is 53.9 Å². The third-order valence-electron chi connectivity index (χ3n) is 11.8. The van der Waals surface area contributed by atoms with Gasteiger partial charge in [-0.1, -0.05) is 182 Å². The van der Waals surface area contributed by atoms with Crippen molar-refractivity contribution < 1.29 is 0 Å². The molecular formula is C54H32N2. The second kappa shape index (κ2) is 12.0. The zero-order valence-corrected chi connectivity index (χ0v) is 30.4. The van der Waals surface area contributed by atoms with E-state index in [1.807, 2.05) is 6.07 Å². The van der Waals surface area contributed by atoms with Crippen LogP contribution in [0.25, 0.3) is 121 Å². The molecule has 258 valence electrons. The smallest absolute Gasteiger partial charge is 0.160 e. The largest absolute Gasteiger partial charge is 0.227 e. The van der Waals surface area contributed by atoms with Gasteiger partial charge >= 0.3 is 0 Å². The van der Waals surface area contributed by atoms with Crippen molar-refractivity contribution in [1.29, 1.82) is 0 Å². The monoisotopic (exact) mass is 708 g/mol. The van der Waals surface area contributed by atoms with Gasteiger partial charge in [-0.3, -0.25) is 0 Å². The van der Waals surface area contributed by atoms with E-state index in [1.165, 1.54) is 81.7 Å². The van der Waals surface area contributed by atoms with Crippen LogP contribution in [0.2, 0.25) is 0 Å². The van der Waals surface area contributed by atoms with Crippen LogP contribution in [0.3, 0.4) is 0 Å². The molecule has 10 aromatic carbocycles. The standard InChI is InChI=1S/C54H32N2/c1-3-15-33(16-4-1)52-51-45-30-29-44(42-27-14-28-46(50(42)45)53(51)56-54(55-52)34-17-5-2-6-18-34)49-40-24-11-9-22-38(40)48(39-23-10-12-25-41(39)49)43-26-13-21-37-31-35-19-7-8-20-36(35)32-47(37)43/h1-32H. The first kappa shape index (κ1) is 31.0. The zero-order valence-electron chi connectivity index (χ0n) is 30.4. The summed E-state index contributed by atoms with van der Waals surface area (Å²) in [6, 6.07) is 70.4. The summed E-state index contributed by atoms with van der Waals surface area (Å²) in [7, 11) is 0. The predicted octanol–water partition coefficient (Wildman–Crippen LogP) is 14.6. The van der Waals surface area contributed by atoms with Crippen LogP contribution >= 0.6 is 0 Å². The Balaban J connectivity index is 1.15. The van der Waals surface area contributed by atoms with Crippen LogP contribution < -0.4 is 0 Å². The van der Waals surface area contributed by atoms with E-state index in [2.05, 4.69) is 188 Å². The zero-order chi connectivity index (χ0) is 36.7. The number of hydrogen-bond donors (Lipinski definition) is 0. The summed E-state index contributed by atoms with van der Waals surface area (Å²) in [4.78, 5) is 10.6. The molecule has 0 fully saturated rings. The van der Waals surface area contributed by atoms with E-state index in [1.54, 1.807) is 0 Å². The Morgan fingerprint density at radius 1 is 0.268 bits per heavy atom. The average Bonchev–Trinajstić information content (AvgIpc) is 3.60. The summed E-state index contributed by atoms with van der Waals surface area (Å²) in [6.07, 6.45) is 0. The quantitative estimate of drug-likeness (QED) is 0.170. The summed E-state index contributed by atoms with van der Waals surface area (Å²) < 4.78 is 0. The van der Waals surface area contributed by atoms with Crippen LogP contribution in [-0.2, 0) is 0 Å². The van der Waals surface area contributed by atoms with Crippen LogP contribution in [0.4, 0.5) is 0 Å². The molecule has 56 heavy (non-hydrogen) atoms. The maximum atomic E-state index is 5.33. The maximum Gasteiger partial charge on any atom is 0.160 e. The molecule has 12 rings (SSSR count). The second-order valence-electron chi connectivity index (χ2n) is 14.8. The van der Waals surface area contributed by atoms with Gasteiger partial charge in [0.2, 0.25) is 0 Å². The van der Waals surface area contributed by atoms with Crippen LogP contribution in [0.5, 0.6) is 0 Å². The summed E-state index contributed by atoms with van der Waals surface area (Å²) >= 11 is 0. The summed E-state index contributed by atoms with van der Waals surface area (Å²) in [6.45, 7) is 0. The molecule has 0 saturated heterocycles. The predicted molar refractivity (Wildman–Crippen MR) is 236 cm³/mol. The minimum absolute atomic E-state index is 0.738. The van der Waals surface area contributed by atoms with Crippen LogP contribution in [0, 0.1) is 0 Å². The van der Waals surface area contributed by atoms with E-state index in [0.717, 1.165) is 39.5 Å². The molecule has 1 heterocycles. The third kappa shape index (κ3) is 4.50. The number of hydrogen-bond acceptors (Lipinski definition) is 2. The van der Waals surface area contributed by atoms with Crippen LogP contribution in [0.15, 0.2) is 194 Å². The second-order valence-corrected chi connectivity index (χ2v) is 14.8. The van der Waals surface area contributed by atoms with Crippen molar-refractivity contribution in [2.24, 2.45) is 0 Å². The highest BCUT2D eigenvalue weighted by molar-refractivity contribution is 6.28. The van der Waals surface area contributed by atoms with Gasteiger partial charge < -0.3 is 0 Å². The van der Waals surface area contributed by atoms with E-state index < -0.39 is 0 Å². The van der Waals surface area contributed by atoms with Gasteiger partial charge in [0.05, 0.1) is 11.4 Å². The average molecular weight is 709 g/mol. The van der Waals surface area contributed by atoms with Crippen molar-refractivity contribution in [3.8, 4) is 67.3 Å². The van der Waals surface area contributed by atoms with Crippen LogP contribution in [0.1, 0.15) is 0 Å². The lowest BCUT2D eigenvalue weighted by Gasteiger charge is -2.20. The normalized spacial score (nSPS) is 11.9. The molecule has 0 N–H and O–H groups in total. The molecule has 1 aromatic heterocycles. The first-order valence-electron chi connectivity index (χ1n) is 19.3. The molecule has 2 nitrogen and oxygen atoms in total. The van der Waals surface area contributed by atoms with E-state index in [4.69, 9.17) is 9.97 Å². The molecule has 0 atom stereocenters. The lowest BCUT2D eigenvalue weighted by atomic mass is 9.83. The summed E-state index contributed by atoms with van der Waals surface area (Å²) in [5.41, 5.74) is 12.5. The number of nitrogens with zero attached hydrogens (tertiary/aromatic N) is 2. The first-order valence-corrected chi connectivity index (χ1v) is 19.3. The highest BCUT2D eigenvalue weighted by atomic mass is 14.9. The van der Waals surface area contributed by atoms with E-state index in [-0.39, 0.29) is 0 Å². The molecule has 0 radical (unpaired) electrons. The molecular weight excluding hydrogens is 677 g/mol. The summed E-state index contributed by atoms with van der Waals surface area (Å²) in [5, 5.41) is 12.5. The molecule has 1 aliphatic rings. The topological polar surface area (TPSA) is 25.8 Å². The van der Waals surface area contributed by atoms with E-state index in [9.17, 15) is 0 Å². The highest BCUT2D eigenvalue weighted by Crippen LogP contribution is 2.54. The molecule has 0 aliphatic heterocycles. The molecule has 0 unspecified atom stereocenters. The number of rotatable bonds is 4. The third-order valence-corrected chi connectivity index (χ3v) is 11.8. The highest BCUT2D eigenvalue weighted by Gasteiger charge is 2.30. The molecule has 11 aromatic rings. The van der Waals surface area contributed by atoms with Gasteiger partial charge in [-0.15, -0.1) is 0 Å². The number of fused-ring (bicyclic) bond motifs is 7. The van der Waals surface area contributed by atoms with E-state index >= 15 is 0 Å². The first-order chi connectivity index (χ1) is 27.8. The Morgan fingerprint density at radius 3 is 1.43 bits per heavy atom. The Morgan fingerprint density at radius 2 is 0.750 bits per heavy atom. The Hall–Kier alpha value is -7.42. The lowest BCUT2D eigenvalue weighted by molar-refractivity contribution is 1.19. The van der Waals surface area contributed by atoms with Gasteiger partial charge in [-0.2, -0.15) is 0 Å². The maximum absolute atomic E-state index is 5.33. The fourth-order valence-electron chi connectivity index (χ4n) is 9.36. The molecule has 1 aliphatic carbocycles. The number of aromatic nitrogens is 2. The molecule has 0 saturated carbocycles. The van der Waals surface area contributed by atoms with Crippen molar-refractivity contribution in [1.82, 2.24) is 9.97 Å². The van der Waals surface area contributed by atoms with Gasteiger partial charge in [0, 0.05) is 22.3 Å².